The smallest absolute Gasteiger partial charge is 0.224 e. The summed E-state index contributed by atoms with van der Waals surface area (Å²) in [6, 6.07) is 7.39. The lowest BCUT2D eigenvalue weighted by Crippen LogP contribution is -2.21. The number of nitrogens with one attached hydrogen (secondary N) is 4. The zero-order chi connectivity index (χ0) is 31.9. The molecule has 1 amide bonds. The van der Waals surface area contributed by atoms with E-state index in [4.69, 9.17) is 0 Å². The number of rotatable bonds is 9. The van der Waals surface area contributed by atoms with E-state index in [1.54, 1.807) is 18.2 Å². The maximum Gasteiger partial charge on any atom is 0.224 e. The number of pyridine rings is 3. The molecule has 15 heteroatoms. The lowest BCUT2D eigenvalue weighted by Gasteiger charge is -2.09. The minimum Gasteiger partial charge on any atom is -0.336 e. The molecule has 0 saturated heterocycles. The topological polar surface area (TPSA) is 171 Å². The molecule has 0 saturated carbocycles. The number of anilines is 1. The summed E-state index contributed by atoms with van der Waals surface area (Å²) in [5, 5.41) is 10.00. The Morgan fingerprint density at radius 2 is 1.80 bits per heavy atom. The van der Waals surface area contributed by atoms with Crippen LogP contribution in [0.4, 0.5) is 14.5 Å². The number of H-pyrrole nitrogens is 2. The molecule has 6 rings (SSSR count). The molecular formula is C30H27F2N9O3S. The first-order valence-corrected chi connectivity index (χ1v) is 15.7. The Morgan fingerprint density at radius 1 is 0.978 bits per heavy atom. The van der Waals surface area contributed by atoms with Crippen LogP contribution >= 0.6 is 0 Å². The molecule has 4 N–H and O–H groups in total. The molecule has 0 radical (unpaired) electrons. The molecule has 0 aliphatic carbocycles. The molecule has 1 aromatic carbocycles. The van der Waals surface area contributed by atoms with Gasteiger partial charge >= 0.3 is 0 Å². The predicted octanol–water partition coefficient (Wildman–Crippen LogP) is 4.94. The van der Waals surface area contributed by atoms with Gasteiger partial charge in [-0.2, -0.15) is 5.10 Å². The lowest BCUT2D eigenvalue weighted by atomic mass is 10.1. The van der Waals surface area contributed by atoms with E-state index in [2.05, 4.69) is 45.2 Å². The van der Waals surface area contributed by atoms with E-state index >= 15 is 4.39 Å². The molecule has 0 bridgehead atoms. The summed E-state index contributed by atoms with van der Waals surface area (Å²) in [4.78, 5) is 32.9. The summed E-state index contributed by atoms with van der Waals surface area (Å²) in [6.45, 7) is 3.76. The normalized spacial score (nSPS) is 12.0. The third kappa shape index (κ3) is 6.39. The number of carbonyl (C=O) groups is 1. The number of sulfonamides is 1. The van der Waals surface area contributed by atoms with Gasteiger partial charge in [-0.05, 0) is 41.8 Å². The first-order valence-electron chi connectivity index (χ1n) is 13.8. The van der Waals surface area contributed by atoms with Crippen molar-refractivity contribution in [3.8, 4) is 34.0 Å². The molecule has 0 unspecified atom stereocenters. The van der Waals surface area contributed by atoms with Crippen molar-refractivity contribution in [2.24, 2.45) is 5.92 Å². The molecule has 5 heterocycles. The summed E-state index contributed by atoms with van der Waals surface area (Å²) in [6.07, 6.45) is 7.24. The Hall–Kier alpha value is -5.15. The summed E-state index contributed by atoms with van der Waals surface area (Å²) >= 11 is 0. The second kappa shape index (κ2) is 11.7. The van der Waals surface area contributed by atoms with Gasteiger partial charge in [-0.3, -0.25) is 24.8 Å². The number of nitrogens with zero attached hydrogens (tertiary/aromatic N) is 5. The van der Waals surface area contributed by atoms with Crippen molar-refractivity contribution < 1.29 is 22.0 Å². The average Bonchev–Trinajstić information content (AvgIpc) is 3.60. The van der Waals surface area contributed by atoms with Gasteiger partial charge in [-0.25, -0.2) is 26.9 Å². The van der Waals surface area contributed by atoms with E-state index in [0.717, 1.165) is 6.26 Å². The van der Waals surface area contributed by atoms with Crippen LogP contribution in [0.15, 0.2) is 55.1 Å². The van der Waals surface area contributed by atoms with Gasteiger partial charge in [-0.1, -0.05) is 13.8 Å². The van der Waals surface area contributed by atoms with Crippen molar-refractivity contribution in [3.05, 3.63) is 72.3 Å². The predicted molar refractivity (Wildman–Crippen MR) is 165 cm³/mol. The first kappa shape index (κ1) is 29.9. The lowest BCUT2D eigenvalue weighted by molar-refractivity contribution is -0.116. The van der Waals surface area contributed by atoms with Crippen LogP contribution < -0.4 is 10.0 Å². The van der Waals surface area contributed by atoms with Gasteiger partial charge in [0.25, 0.3) is 0 Å². The Bertz CT molecular complexity index is 2200. The number of carbonyl (C=O) groups excluding carboxylic acids is 1. The molecule has 0 atom stereocenters. The fraction of sp³-hybridized carbons (Fsp3) is 0.200. The average molecular weight is 632 g/mol. The summed E-state index contributed by atoms with van der Waals surface area (Å²) in [5.74, 6) is -1.03. The van der Waals surface area contributed by atoms with E-state index in [0.29, 0.717) is 51.0 Å². The SMILES string of the molecule is CC(C)CC(=O)Nc1cncc(-c2ncc3[nH]nc(-c4nc5c(-c6cc(F)cc(CNS(C)(=O)=O)c6)nccc5[nH]4)c3c2F)c1. The molecule has 5 aromatic heterocycles. The minimum atomic E-state index is -3.49. The van der Waals surface area contributed by atoms with E-state index in [1.165, 1.54) is 36.9 Å². The van der Waals surface area contributed by atoms with Crippen LogP contribution in [0.5, 0.6) is 0 Å². The first-order chi connectivity index (χ1) is 21.4. The van der Waals surface area contributed by atoms with Crippen LogP contribution in [-0.2, 0) is 21.4 Å². The molecule has 6 aromatic rings. The zero-order valence-corrected chi connectivity index (χ0v) is 25.1. The van der Waals surface area contributed by atoms with E-state index in [-0.39, 0.29) is 41.0 Å². The largest absolute Gasteiger partial charge is 0.336 e. The number of imidazole rings is 1. The van der Waals surface area contributed by atoms with Gasteiger partial charge in [-0.15, -0.1) is 0 Å². The van der Waals surface area contributed by atoms with Crippen LogP contribution in [-0.4, -0.2) is 55.7 Å². The summed E-state index contributed by atoms with van der Waals surface area (Å²) < 4.78 is 56.2. The van der Waals surface area contributed by atoms with E-state index < -0.39 is 21.7 Å². The van der Waals surface area contributed by atoms with Gasteiger partial charge in [0, 0.05) is 36.5 Å². The maximum absolute atomic E-state index is 16.2. The zero-order valence-electron chi connectivity index (χ0n) is 24.3. The van der Waals surface area contributed by atoms with Gasteiger partial charge in [0.05, 0.1) is 46.5 Å². The fourth-order valence-electron chi connectivity index (χ4n) is 4.93. The molecule has 12 nitrogen and oxygen atoms in total. The van der Waals surface area contributed by atoms with Gasteiger partial charge in [0.15, 0.2) is 11.6 Å². The summed E-state index contributed by atoms with van der Waals surface area (Å²) in [5.41, 5.74) is 3.29. The number of aromatic nitrogens is 7. The monoisotopic (exact) mass is 631 g/mol. The quantitative estimate of drug-likeness (QED) is 0.174. The van der Waals surface area contributed by atoms with Crippen LogP contribution in [0, 0.1) is 17.6 Å². The van der Waals surface area contributed by atoms with Crippen molar-refractivity contribution in [1.29, 1.82) is 0 Å². The van der Waals surface area contributed by atoms with Crippen LogP contribution in [0.2, 0.25) is 0 Å². The Kier molecular flexibility index (Phi) is 7.80. The second-order valence-corrected chi connectivity index (χ2v) is 12.8. The second-order valence-electron chi connectivity index (χ2n) is 11.0. The van der Waals surface area contributed by atoms with Crippen LogP contribution in [0.3, 0.4) is 0 Å². The number of hydrogen-bond acceptors (Lipinski definition) is 8. The van der Waals surface area contributed by atoms with Gasteiger partial charge in [0.1, 0.15) is 22.7 Å². The number of aromatic amines is 2. The highest BCUT2D eigenvalue weighted by atomic mass is 32.2. The molecular weight excluding hydrogens is 604 g/mol. The van der Waals surface area contributed by atoms with E-state index in [1.807, 2.05) is 13.8 Å². The van der Waals surface area contributed by atoms with Crippen molar-refractivity contribution in [1.82, 2.24) is 39.8 Å². The van der Waals surface area contributed by atoms with Crippen molar-refractivity contribution in [2.75, 3.05) is 11.6 Å². The molecule has 45 heavy (non-hydrogen) atoms. The fourth-order valence-corrected chi connectivity index (χ4v) is 5.36. The van der Waals surface area contributed by atoms with E-state index in [9.17, 15) is 17.6 Å². The number of halogens is 2. The standard InChI is InChI=1S/C30H27F2N9O3S/c1-15(2)6-23(42)37-20-10-18(12-33-13-20)26-25(32)24-22(14-35-26)40-41-29(24)30-38-21-4-5-34-27(28(21)39-30)17-7-16(8-19(31)9-17)11-36-45(3,43)44/h4-5,7-10,12-15,36H,6,11H2,1-3H3,(H,37,42)(H,38,39)(H,40,41). The molecule has 0 aliphatic heterocycles. The number of fused-ring (bicyclic) bond motifs is 2. The van der Waals surface area contributed by atoms with Crippen molar-refractivity contribution in [2.45, 2.75) is 26.8 Å². The highest BCUT2D eigenvalue weighted by Crippen LogP contribution is 2.34. The van der Waals surface area contributed by atoms with Crippen molar-refractivity contribution in [3.63, 3.8) is 0 Å². The Morgan fingerprint density at radius 3 is 2.58 bits per heavy atom. The minimum absolute atomic E-state index is 0.00562. The highest BCUT2D eigenvalue weighted by Gasteiger charge is 2.22. The highest BCUT2D eigenvalue weighted by molar-refractivity contribution is 7.88. The molecule has 230 valence electrons. The van der Waals surface area contributed by atoms with Crippen LogP contribution in [0.25, 0.3) is 56.0 Å². The van der Waals surface area contributed by atoms with Gasteiger partial charge in [0.2, 0.25) is 15.9 Å². The van der Waals surface area contributed by atoms with Gasteiger partial charge < -0.3 is 10.3 Å². The Balaban J connectivity index is 1.39. The Labute approximate surface area is 255 Å². The molecule has 0 spiro atoms. The molecule has 0 fully saturated rings. The summed E-state index contributed by atoms with van der Waals surface area (Å²) in [7, 11) is -3.49. The number of amides is 1. The third-order valence-electron chi connectivity index (χ3n) is 6.83. The van der Waals surface area contributed by atoms with Crippen LogP contribution in [0.1, 0.15) is 25.8 Å². The number of hydrogen-bond donors (Lipinski definition) is 4. The third-order valence-corrected chi connectivity index (χ3v) is 7.50. The number of benzene rings is 1. The molecule has 0 aliphatic rings. The van der Waals surface area contributed by atoms with Crippen molar-refractivity contribution >= 4 is 43.6 Å². The maximum atomic E-state index is 16.2.